The van der Waals surface area contributed by atoms with Crippen molar-refractivity contribution in [3.63, 3.8) is 0 Å². The second kappa shape index (κ2) is 6.25. The molecule has 19 heavy (non-hydrogen) atoms. The van der Waals surface area contributed by atoms with E-state index in [0.717, 1.165) is 17.6 Å². The van der Waals surface area contributed by atoms with E-state index in [0.29, 0.717) is 12.1 Å². The van der Waals surface area contributed by atoms with Crippen LogP contribution in [-0.4, -0.2) is 32.3 Å². The quantitative estimate of drug-likeness (QED) is 0.921. The van der Waals surface area contributed by atoms with Crippen molar-refractivity contribution in [1.29, 1.82) is 0 Å². The summed E-state index contributed by atoms with van der Waals surface area (Å²) in [6.45, 7) is 8.29. The second-order valence-electron chi connectivity index (χ2n) is 5.36. The Labute approximate surface area is 124 Å². The number of morpholine rings is 1. The number of anilines is 1. The van der Waals surface area contributed by atoms with Crippen LogP contribution in [0, 0.1) is 0 Å². The lowest BCUT2D eigenvalue weighted by Crippen LogP contribution is -2.48. The fourth-order valence-electron chi connectivity index (χ4n) is 2.53. The topological polar surface area (TPSA) is 24.5 Å². The van der Waals surface area contributed by atoms with Crippen LogP contribution in [0.15, 0.2) is 22.7 Å². The van der Waals surface area contributed by atoms with E-state index >= 15 is 0 Å². The van der Waals surface area contributed by atoms with Gasteiger partial charge in [-0.25, -0.2) is 0 Å². The van der Waals surface area contributed by atoms with Gasteiger partial charge in [0.15, 0.2) is 0 Å². The van der Waals surface area contributed by atoms with Gasteiger partial charge in [-0.3, -0.25) is 0 Å². The van der Waals surface area contributed by atoms with Crippen LogP contribution in [0.1, 0.15) is 32.4 Å². The zero-order valence-corrected chi connectivity index (χ0v) is 13.7. The summed E-state index contributed by atoms with van der Waals surface area (Å²) in [6, 6.07) is 7.29. The molecule has 3 atom stereocenters. The molecule has 4 heteroatoms. The predicted molar refractivity (Wildman–Crippen MR) is 83.8 cm³/mol. The average molecular weight is 327 g/mol. The van der Waals surface area contributed by atoms with Gasteiger partial charge < -0.3 is 15.0 Å². The van der Waals surface area contributed by atoms with E-state index < -0.39 is 0 Å². The fraction of sp³-hybridized carbons (Fsp3) is 0.600. The maximum absolute atomic E-state index is 5.73. The Morgan fingerprint density at radius 1 is 1.42 bits per heavy atom. The Kier molecular flexibility index (Phi) is 4.87. The summed E-state index contributed by atoms with van der Waals surface area (Å²) < 4.78 is 6.86. The molecule has 106 valence electrons. The average Bonchev–Trinajstić information content (AvgIpc) is 2.40. The maximum atomic E-state index is 5.73. The Morgan fingerprint density at radius 2 is 2.16 bits per heavy atom. The molecule has 0 amide bonds. The number of halogens is 1. The van der Waals surface area contributed by atoms with Crippen LogP contribution in [0.5, 0.6) is 0 Å². The summed E-state index contributed by atoms with van der Waals surface area (Å²) in [7, 11) is 2.00. The minimum Gasteiger partial charge on any atom is -0.375 e. The molecular weight excluding hydrogens is 304 g/mol. The first-order chi connectivity index (χ1) is 9.02. The highest BCUT2D eigenvalue weighted by molar-refractivity contribution is 9.10. The molecule has 1 heterocycles. The molecule has 0 bridgehead atoms. The second-order valence-corrected chi connectivity index (χ2v) is 6.27. The van der Waals surface area contributed by atoms with Crippen LogP contribution < -0.4 is 10.2 Å². The van der Waals surface area contributed by atoms with Crippen molar-refractivity contribution in [2.45, 2.75) is 39.0 Å². The molecule has 1 aliphatic heterocycles. The van der Waals surface area contributed by atoms with Gasteiger partial charge in [-0.2, -0.15) is 0 Å². The third-order valence-corrected chi connectivity index (χ3v) is 4.30. The Bertz CT molecular complexity index is 438. The van der Waals surface area contributed by atoms with Crippen molar-refractivity contribution in [3.05, 3.63) is 28.2 Å². The van der Waals surface area contributed by atoms with Crippen LogP contribution in [-0.2, 0) is 4.74 Å². The monoisotopic (exact) mass is 326 g/mol. The minimum absolute atomic E-state index is 0.285. The Hall–Kier alpha value is -0.580. The normalized spacial score (nSPS) is 25.4. The van der Waals surface area contributed by atoms with Gasteiger partial charge in [-0.1, -0.05) is 22.0 Å². The van der Waals surface area contributed by atoms with Gasteiger partial charge in [0.05, 0.1) is 12.7 Å². The summed E-state index contributed by atoms with van der Waals surface area (Å²) in [5.41, 5.74) is 2.64. The van der Waals surface area contributed by atoms with Crippen molar-refractivity contribution in [3.8, 4) is 0 Å². The number of nitrogens with one attached hydrogen (secondary N) is 1. The molecular formula is C15H23BrN2O. The summed E-state index contributed by atoms with van der Waals surface area (Å²) in [6.07, 6.45) is 0.285. The molecule has 1 aromatic rings. The molecule has 1 aromatic carbocycles. The van der Waals surface area contributed by atoms with Gasteiger partial charge in [0.25, 0.3) is 0 Å². The first-order valence-corrected chi connectivity index (χ1v) is 7.67. The van der Waals surface area contributed by atoms with Gasteiger partial charge >= 0.3 is 0 Å². The number of benzene rings is 1. The van der Waals surface area contributed by atoms with E-state index in [1.807, 2.05) is 7.05 Å². The molecule has 2 rings (SSSR count). The zero-order valence-electron chi connectivity index (χ0n) is 12.1. The van der Waals surface area contributed by atoms with Crippen LogP contribution in [0.3, 0.4) is 0 Å². The highest BCUT2D eigenvalue weighted by atomic mass is 79.9. The standard InChI is InChI=1S/C15H23BrN2O/c1-10-9-19-11(2)8-18(10)15-7-13(16)5-6-14(15)12(3)17-4/h5-7,10-12,17H,8-9H2,1-4H3. The van der Waals surface area contributed by atoms with Crippen LogP contribution in [0.2, 0.25) is 0 Å². The lowest BCUT2D eigenvalue weighted by atomic mass is 10.0. The van der Waals surface area contributed by atoms with Crippen LogP contribution in [0.4, 0.5) is 5.69 Å². The van der Waals surface area contributed by atoms with E-state index in [-0.39, 0.29) is 6.10 Å². The lowest BCUT2D eigenvalue weighted by molar-refractivity contribution is 0.0343. The van der Waals surface area contributed by atoms with Crippen LogP contribution >= 0.6 is 15.9 Å². The lowest BCUT2D eigenvalue weighted by Gasteiger charge is -2.40. The van der Waals surface area contributed by atoms with Crippen molar-refractivity contribution in [2.24, 2.45) is 0 Å². The van der Waals surface area contributed by atoms with Crippen molar-refractivity contribution in [1.82, 2.24) is 5.32 Å². The molecule has 0 aromatic heterocycles. The van der Waals surface area contributed by atoms with Crippen molar-refractivity contribution >= 4 is 21.6 Å². The molecule has 3 nitrogen and oxygen atoms in total. The summed E-state index contributed by atoms with van der Waals surface area (Å²) >= 11 is 3.59. The number of rotatable bonds is 3. The Morgan fingerprint density at radius 3 is 2.84 bits per heavy atom. The third-order valence-electron chi connectivity index (χ3n) is 3.81. The molecule has 3 unspecified atom stereocenters. The number of hydrogen-bond donors (Lipinski definition) is 1. The van der Waals surface area contributed by atoms with Gasteiger partial charge in [-0.15, -0.1) is 0 Å². The molecule has 0 spiro atoms. The highest BCUT2D eigenvalue weighted by Gasteiger charge is 2.26. The third kappa shape index (κ3) is 3.30. The summed E-state index contributed by atoms with van der Waals surface area (Å²) in [5.74, 6) is 0. The zero-order chi connectivity index (χ0) is 14.0. The highest BCUT2D eigenvalue weighted by Crippen LogP contribution is 2.32. The Balaban J connectivity index is 2.38. The summed E-state index contributed by atoms with van der Waals surface area (Å²) in [5, 5.41) is 3.33. The van der Waals surface area contributed by atoms with E-state index in [2.05, 4.69) is 65.1 Å². The number of ether oxygens (including phenoxy) is 1. The molecule has 1 N–H and O–H groups in total. The smallest absolute Gasteiger partial charge is 0.0723 e. The summed E-state index contributed by atoms with van der Waals surface area (Å²) in [4.78, 5) is 2.46. The first-order valence-electron chi connectivity index (χ1n) is 6.88. The molecule has 1 saturated heterocycles. The molecule has 0 saturated carbocycles. The SMILES string of the molecule is CNC(C)c1ccc(Br)cc1N1CC(C)OCC1C. The van der Waals surface area contributed by atoms with Gasteiger partial charge in [0.1, 0.15) is 0 Å². The van der Waals surface area contributed by atoms with E-state index in [1.165, 1.54) is 11.3 Å². The molecule has 0 aliphatic carbocycles. The predicted octanol–water partition coefficient (Wildman–Crippen LogP) is 3.34. The fourth-order valence-corrected chi connectivity index (χ4v) is 2.88. The number of nitrogens with zero attached hydrogens (tertiary/aromatic N) is 1. The van der Waals surface area contributed by atoms with Gasteiger partial charge in [0.2, 0.25) is 0 Å². The number of hydrogen-bond acceptors (Lipinski definition) is 3. The molecule has 1 fully saturated rings. The van der Waals surface area contributed by atoms with E-state index in [1.54, 1.807) is 0 Å². The largest absolute Gasteiger partial charge is 0.375 e. The minimum atomic E-state index is 0.285. The van der Waals surface area contributed by atoms with Crippen molar-refractivity contribution in [2.75, 3.05) is 25.1 Å². The van der Waals surface area contributed by atoms with E-state index in [9.17, 15) is 0 Å². The molecule has 0 radical (unpaired) electrons. The van der Waals surface area contributed by atoms with E-state index in [4.69, 9.17) is 4.74 Å². The van der Waals surface area contributed by atoms with Gasteiger partial charge in [-0.05, 0) is 45.5 Å². The van der Waals surface area contributed by atoms with Crippen molar-refractivity contribution < 1.29 is 4.74 Å². The molecule has 1 aliphatic rings. The van der Waals surface area contributed by atoms with Gasteiger partial charge in [0, 0.05) is 28.8 Å². The van der Waals surface area contributed by atoms with Crippen LogP contribution in [0.25, 0.3) is 0 Å². The maximum Gasteiger partial charge on any atom is 0.0723 e. The first kappa shape index (κ1) is 14.8.